The Balaban J connectivity index is 1.60. The summed E-state index contributed by atoms with van der Waals surface area (Å²) in [5.74, 6) is 0.842. The van der Waals surface area contributed by atoms with Crippen LogP contribution in [0.15, 0.2) is 46.3 Å². The Morgan fingerprint density at radius 3 is 2.43 bits per heavy atom. The summed E-state index contributed by atoms with van der Waals surface area (Å²) in [6.07, 6.45) is 5.56. The Morgan fingerprint density at radius 1 is 1.17 bits per heavy atom. The molecular weight excluding hydrogens is 396 g/mol. The van der Waals surface area contributed by atoms with E-state index in [-0.39, 0.29) is 17.7 Å². The molecule has 2 heterocycles. The summed E-state index contributed by atoms with van der Waals surface area (Å²) in [6, 6.07) is 7.81. The summed E-state index contributed by atoms with van der Waals surface area (Å²) < 4.78 is 25.5. The lowest BCUT2D eigenvalue weighted by atomic mass is 9.87. The molecule has 3 rings (SSSR count). The van der Waals surface area contributed by atoms with E-state index in [1.165, 1.54) is 0 Å². The molecule has 0 aliphatic carbocycles. The van der Waals surface area contributed by atoms with Crippen LogP contribution in [0.5, 0.6) is 0 Å². The smallest absolute Gasteiger partial charge is 0.194 e. The predicted molar refractivity (Wildman–Crippen MR) is 124 cm³/mol. The van der Waals surface area contributed by atoms with E-state index in [2.05, 4.69) is 53.0 Å². The molecule has 0 bridgehead atoms. The quantitative estimate of drug-likeness (QED) is 0.425. The normalized spacial score (nSPS) is 20.9. The summed E-state index contributed by atoms with van der Waals surface area (Å²) in [5.41, 5.74) is 1.14. The van der Waals surface area contributed by atoms with Gasteiger partial charge in [-0.1, -0.05) is 45.1 Å². The first kappa shape index (κ1) is 22.8. The Kier molecular flexibility index (Phi) is 7.24. The van der Waals surface area contributed by atoms with Gasteiger partial charge in [-0.15, -0.1) is 0 Å². The van der Waals surface area contributed by atoms with Gasteiger partial charge in [0.2, 0.25) is 0 Å². The number of likely N-dealkylation sites (tertiary alicyclic amines) is 1. The zero-order valence-electron chi connectivity index (χ0n) is 18.8. The van der Waals surface area contributed by atoms with E-state index in [9.17, 15) is 8.42 Å². The van der Waals surface area contributed by atoms with Crippen molar-refractivity contribution in [3.8, 4) is 0 Å². The van der Waals surface area contributed by atoms with Gasteiger partial charge in [-0.25, -0.2) is 8.42 Å². The molecule has 1 N–H and O–H groups in total. The first-order chi connectivity index (χ1) is 14.2. The Morgan fingerprint density at radius 2 is 1.83 bits per heavy atom. The number of rotatable bonds is 6. The van der Waals surface area contributed by atoms with Gasteiger partial charge in [-0.05, 0) is 36.5 Å². The van der Waals surface area contributed by atoms with Gasteiger partial charge in [-0.2, -0.15) is 0 Å². The molecule has 30 heavy (non-hydrogen) atoms. The highest BCUT2D eigenvalue weighted by Crippen LogP contribution is 2.24. The maximum Gasteiger partial charge on any atom is 0.194 e. The van der Waals surface area contributed by atoms with E-state index < -0.39 is 9.84 Å². The monoisotopic (exact) mass is 432 g/mol. The topological polar surface area (TPSA) is 65.0 Å². The van der Waals surface area contributed by atoms with Gasteiger partial charge in [0.1, 0.15) is 0 Å². The van der Waals surface area contributed by atoms with E-state index >= 15 is 0 Å². The number of aliphatic imine (C=N–C) groups is 1. The first-order valence-corrected chi connectivity index (χ1v) is 12.6. The van der Waals surface area contributed by atoms with Crippen molar-refractivity contribution in [1.82, 2.24) is 15.1 Å². The largest absolute Gasteiger partial charge is 0.357 e. The van der Waals surface area contributed by atoms with Crippen molar-refractivity contribution in [2.24, 2.45) is 4.99 Å². The van der Waals surface area contributed by atoms with Crippen LogP contribution in [0.3, 0.4) is 0 Å². The number of benzene rings is 1. The molecule has 166 valence electrons. The minimum Gasteiger partial charge on any atom is -0.357 e. The van der Waals surface area contributed by atoms with Crippen LogP contribution in [0.4, 0.5) is 0 Å². The van der Waals surface area contributed by atoms with Crippen molar-refractivity contribution in [2.75, 3.05) is 45.0 Å². The second kappa shape index (κ2) is 9.52. The molecular formula is C23H36N4O2S. The fourth-order valence-electron chi connectivity index (χ4n) is 4.00. The maximum atomic E-state index is 12.8. The highest BCUT2D eigenvalue weighted by Gasteiger charge is 2.29. The lowest BCUT2D eigenvalue weighted by Gasteiger charge is -2.25. The molecule has 1 fully saturated rings. The molecule has 2 aliphatic heterocycles. The number of guanidine groups is 1. The number of sulfone groups is 1. The molecule has 6 nitrogen and oxygen atoms in total. The second-order valence-corrected chi connectivity index (χ2v) is 11.3. The van der Waals surface area contributed by atoms with Gasteiger partial charge >= 0.3 is 0 Å². The van der Waals surface area contributed by atoms with Crippen LogP contribution in [-0.2, 0) is 15.3 Å². The molecule has 2 aliphatic rings. The summed E-state index contributed by atoms with van der Waals surface area (Å²) in [5, 5.41) is 3.33. The van der Waals surface area contributed by atoms with Crippen LogP contribution in [-0.4, -0.2) is 75.2 Å². The molecule has 0 radical (unpaired) electrons. The fraction of sp³-hybridized carbons (Fsp3) is 0.609. The van der Waals surface area contributed by atoms with E-state index in [0.717, 1.165) is 50.7 Å². The van der Waals surface area contributed by atoms with Gasteiger partial charge in [0.15, 0.2) is 15.8 Å². The molecule has 1 aromatic rings. The number of nitrogens with one attached hydrogen (secondary N) is 1. The van der Waals surface area contributed by atoms with Gasteiger partial charge in [0, 0.05) is 38.8 Å². The van der Waals surface area contributed by atoms with E-state index in [0.29, 0.717) is 10.9 Å². The van der Waals surface area contributed by atoms with E-state index in [1.54, 1.807) is 12.1 Å². The van der Waals surface area contributed by atoms with Crippen molar-refractivity contribution in [3.05, 3.63) is 42.0 Å². The standard InChI is InChI=1S/C23H36N4O2S/c1-5-24-22(27-16-12-20(18-27)26-14-6-7-15-26)25-13-17-30(28,29)21-10-8-19(9-11-21)23(2,3)4/h6-11,20H,5,12-18H2,1-4H3,(H,24,25). The average Bonchev–Trinajstić information content (AvgIpc) is 3.38. The van der Waals surface area contributed by atoms with Crippen LogP contribution in [0.25, 0.3) is 0 Å². The molecule has 0 amide bonds. The molecule has 1 saturated heterocycles. The van der Waals surface area contributed by atoms with Gasteiger partial charge in [-0.3, -0.25) is 9.89 Å². The highest BCUT2D eigenvalue weighted by molar-refractivity contribution is 7.91. The number of hydrogen-bond donors (Lipinski definition) is 1. The minimum atomic E-state index is -3.35. The number of hydrogen-bond acceptors (Lipinski definition) is 4. The van der Waals surface area contributed by atoms with Crippen molar-refractivity contribution >= 4 is 15.8 Å². The third-order valence-electron chi connectivity index (χ3n) is 5.86. The SMILES string of the molecule is CCNC(=NCCS(=O)(=O)c1ccc(C(C)(C)C)cc1)N1CCC(N2CC=CC2)C1. The zero-order chi connectivity index (χ0) is 21.8. The van der Waals surface area contributed by atoms with Crippen LogP contribution < -0.4 is 5.32 Å². The molecule has 0 saturated carbocycles. The molecule has 1 atom stereocenters. The lowest BCUT2D eigenvalue weighted by Crippen LogP contribution is -2.43. The van der Waals surface area contributed by atoms with Gasteiger partial charge in [0.25, 0.3) is 0 Å². The maximum absolute atomic E-state index is 12.8. The average molecular weight is 433 g/mol. The zero-order valence-corrected chi connectivity index (χ0v) is 19.6. The van der Waals surface area contributed by atoms with Crippen molar-refractivity contribution in [2.45, 2.75) is 50.5 Å². The van der Waals surface area contributed by atoms with Gasteiger partial charge in [0.05, 0.1) is 17.2 Å². The molecule has 1 unspecified atom stereocenters. The first-order valence-electron chi connectivity index (χ1n) is 11.0. The second-order valence-electron chi connectivity index (χ2n) is 9.14. The third-order valence-corrected chi connectivity index (χ3v) is 7.57. The van der Waals surface area contributed by atoms with Crippen LogP contribution in [0, 0.1) is 0 Å². The predicted octanol–water partition coefficient (Wildman–Crippen LogP) is 2.67. The Hall–Kier alpha value is -1.86. The minimum absolute atomic E-state index is 0.00598. The third kappa shape index (κ3) is 5.64. The van der Waals surface area contributed by atoms with Gasteiger partial charge < -0.3 is 10.2 Å². The van der Waals surface area contributed by atoms with Crippen molar-refractivity contribution < 1.29 is 8.42 Å². The van der Waals surface area contributed by atoms with E-state index in [4.69, 9.17) is 0 Å². The number of nitrogens with zero attached hydrogens (tertiary/aromatic N) is 3. The summed E-state index contributed by atoms with van der Waals surface area (Å²) >= 11 is 0. The lowest BCUT2D eigenvalue weighted by molar-refractivity contribution is 0.259. The fourth-order valence-corrected chi connectivity index (χ4v) is 5.12. The highest BCUT2D eigenvalue weighted by atomic mass is 32.2. The molecule has 0 spiro atoms. The summed E-state index contributed by atoms with van der Waals surface area (Å²) in [6.45, 7) is 13.4. The molecule has 1 aromatic carbocycles. The summed E-state index contributed by atoms with van der Waals surface area (Å²) in [7, 11) is -3.35. The van der Waals surface area contributed by atoms with E-state index in [1.807, 2.05) is 19.1 Å². The van der Waals surface area contributed by atoms with Crippen molar-refractivity contribution in [3.63, 3.8) is 0 Å². The van der Waals surface area contributed by atoms with Crippen molar-refractivity contribution in [1.29, 1.82) is 0 Å². The molecule has 0 aromatic heterocycles. The summed E-state index contributed by atoms with van der Waals surface area (Å²) in [4.78, 5) is 9.76. The van der Waals surface area contributed by atoms with Crippen LogP contribution in [0.1, 0.15) is 39.7 Å². The Bertz CT molecular complexity index is 861. The molecule has 7 heteroatoms. The van der Waals surface area contributed by atoms with Crippen LogP contribution in [0.2, 0.25) is 0 Å². The Labute approximate surface area is 182 Å². The van der Waals surface area contributed by atoms with Crippen LogP contribution >= 0.6 is 0 Å².